The third kappa shape index (κ3) is 2.39. The molecule has 0 aliphatic carbocycles. The summed E-state index contributed by atoms with van der Waals surface area (Å²) in [5.41, 5.74) is 0. The molecule has 2 heterocycles. The lowest BCUT2D eigenvalue weighted by Crippen LogP contribution is -2.13. The first-order valence-corrected chi connectivity index (χ1v) is 4.96. The molecule has 0 aliphatic rings. The van der Waals surface area contributed by atoms with Crippen LogP contribution in [-0.2, 0) is 13.1 Å². The Morgan fingerprint density at radius 1 is 1.40 bits per heavy atom. The molecule has 0 fully saturated rings. The second-order valence-electron chi connectivity index (χ2n) is 3.85. The molecule has 2 aromatic heterocycles. The lowest BCUT2D eigenvalue weighted by atomic mass is 10.2. The standard InChI is InChI=1S/C9H14N6/c1-8(2)5-15-9(10-7-12-15)6-14-4-3-11-13-14/h3-4,7-8H,5-6H2,1-2H3. The van der Waals surface area contributed by atoms with Gasteiger partial charge in [-0.05, 0) is 5.92 Å². The molecule has 0 aromatic carbocycles. The summed E-state index contributed by atoms with van der Waals surface area (Å²) >= 11 is 0. The molecular weight excluding hydrogens is 192 g/mol. The van der Waals surface area contributed by atoms with Crippen molar-refractivity contribution in [3.05, 3.63) is 24.5 Å². The van der Waals surface area contributed by atoms with Crippen molar-refractivity contribution in [2.75, 3.05) is 0 Å². The maximum Gasteiger partial charge on any atom is 0.148 e. The molecule has 0 aliphatic heterocycles. The van der Waals surface area contributed by atoms with Crippen LogP contribution < -0.4 is 0 Å². The summed E-state index contributed by atoms with van der Waals surface area (Å²) in [5, 5.41) is 11.8. The zero-order valence-corrected chi connectivity index (χ0v) is 8.91. The van der Waals surface area contributed by atoms with Gasteiger partial charge in [0.2, 0.25) is 0 Å². The predicted molar refractivity (Wildman–Crippen MR) is 54.0 cm³/mol. The van der Waals surface area contributed by atoms with Gasteiger partial charge in [-0.1, -0.05) is 19.1 Å². The topological polar surface area (TPSA) is 61.4 Å². The van der Waals surface area contributed by atoms with Gasteiger partial charge in [0, 0.05) is 12.7 Å². The van der Waals surface area contributed by atoms with Crippen LogP contribution in [0.15, 0.2) is 18.7 Å². The van der Waals surface area contributed by atoms with Crippen molar-refractivity contribution < 1.29 is 0 Å². The van der Waals surface area contributed by atoms with E-state index in [1.54, 1.807) is 17.2 Å². The van der Waals surface area contributed by atoms with Gasteiger partial charge < -0.3 is 0 Å². The monoisotopic (exact) mass is 206 g/mol. The van der Waals surface area contributed by atoms with Crippen LogP contribution in [-0.4, -0.2) is 29.8 Å². The van der Waals surface area contributed by atoms with E-state index in [2.05, 4.69) is 34.2 Å². The Morgan fingerprint density at radius 2 is 2.27 bits per heavy atom. The summed E-state index contributed by atoms with van der Waals surface area (Å²) in [5.74, 6) is 1.47. The number of hydrogen-bond donors (Lipinski definition) is 0. The van der Waals surface area contributed by atoms with E-state index in [1.165, 1.54) is 0 Å². The minimum Gasteiger partial charge on any atom is -0.248 e. The highest BCUT2D eigenvalue weighted by Gasteiger charge is 2.06. The summed E-state index contributed by atoms with van der Waals surface area (Å²) in [4.78, 5) is 4.21. The molecule has 0 saturated heterocycles. The smallest absolute Gasteiger partial charge is 0.148 e. The average Bonchev–Trinajstić information content (AvgIpc) is 2.78. The maximum atomic E-state index is 4.21. The van der Waals surface area contributed by atoms with Gasteiger partial charge in [-0.2, -0.15) is 5.10 Å². The SMILES string of the molecule is CC(C)Cn1ncnc1Cn1ccnn1. The number of hydrogen-bond acceptors (Lipinski definition) is 4. The first-order valence-electron chi connectivity index (χ1n) is 4.96. The van der Waals surface area contributed by atoms with Gasteiger partial charge >= 0.3 is 0 Å². The van der Waals surface area contributed by atoms with Crippen molar-refractivity contribution in [2.24, 2.45) is 5.92 Å². The Balaban J connectivity index is 2.11. The molecule has 0 radical (unpaired) electrons. The van der Waals surface area contributed by atoms with Crippen LogP contribution in [0.25, 0.3) is 0 Å². The van der Waals surface area contributed by atoms with Gasteiger partial charge in [0.1, 0.15) is 18.7 Å². The van der Waals surface area contributed by atoms with E-state index < -0.39 is 0 Å². The highest BCUT2D eigenvalue weighted by molar-refractivity contribution is 4.86. The third-order valence-corrected chi connectivity index (χ3v) is 2.01. The number of aromatic nitrogens is 6. The molecule has 6 nitrogen and oxygen atoms in total. The highest BCUT2D eigenvalue weighted by atomic mass is 15.4. The second kappa shape index (κ2) is 4.20. The van der Waals surface area contributed by atoms with Crippen molar-refractivity contribution in [2.45, 2.75) is 26.9 Å². The Labute approximate surface area is 87.9 Å². The fraction of sp³-hybridized carbons (Fsp3) is 0.556. The van der Waals surface area contributed by atoms with E-state index in [9.17, 15) is 0 Å². The lowest BCUT2D eigenvalue weighted by molar-refractivity contribution is 0.455. The van der Waals surface area contributed by atoms with Gasteiger partial charge in [-0.25, -0.2) is 14.3 Å². The number of nitrogens with zero attached hydrogens (tertiary/aromatic N) is 6. The second-order valence-corrected chi connectivity index (χ2v) is 3.85. The van der Waals surface area contributed by atoms with Crippen molar-refractivity contribution in [1.82, 2.24) is 29.8 Å². The van der Waals surface area contributed by atoms with Gasteiger partial charge in [0.25, 0.3) is 0 Å². The summed E-state index contributed by atoms with van der Waals surface area (Å²) in [6, 6.07) is 0. The molecule has 15 heavy (non-hydrogen) atoms. The summed E-state index contributed by atoms with van der Waals surface area (Å²) in [7, 11) is 0. The number of rotatable bonds is 4. The van der Waals surface area contributed by atoms with Gasteiger partial charge in [-0.15, -0.1) is 5.10 Å². The van der Waals surface area contributed by atoms with E-state index in [0.29, 0.717) is 12.5 Å². The van der Waals surface area contributed by atoms with E-state index in [4.69, 9.17) is 0 Å². The molecule has 0 spiro atoms. The van der Waals surface area contributed by atoms with E-state index >= 15 is 0 Å². The molecule has 0 unspecified atom stereocenters. The summed E-state index contributed by atoms with van der Waals surface area (Å²) < 4.78 is 3.65. The zero-order valence-electron chi connectivity index (χ0n) is 8.91. The van der Waals surface area contributed by atoms with Crippen LogP contribution in [0.2, 0.25) is 0 Å². The summed E-state index contributed by atoms with van der Waals surface area (Å²) in [6.07, 6.45) is 5.05. The molecule has 0 atom stereocenters. The lowest BCUT2D eigenvalue weighted by Gasteiger charge is -2.07. The molecule has 0 N–H and O–H groups in total. The minimum atomic E-state index is 0.557. The van der Waals surface area contributed by atoms with Crippen LogP contribution in [0, 0.1) is 5.92 Å². The van der Waals surface area contributed by atoms with Crippen molar-refractivity contribution in [1.29, 1.82) is 0 Å². The molecule has 2 rings (SSSR count). The first kappa shape index (κ1) is 9.82. The van der Waals surface area contributed by atoms with Crippen molar-refractivity contribution in [3.63, 3.8) is 0 Å². The van der Waals surface area contributed by atoms with Crippen LogP contribution in [0.5, 0.6) is 0 Å². The van der Waals surface area contributed by atoms with Gasteiger partial charge in [0.15, 0.2) is 0 Å². The first-order chi connectivity index (χ1) is 7.25. The van der Waals surface area contributed by atoms with Gasteiger partial charge in [0.05, 0.1) is 6.20 Å². The Morgan fingerprint density at radius 3 is 2.93 bits per heavy atom. The van der Waals surface area contributed by atoms with Crippen molar-refractivity contribution >= 4 is 0 Å². The average molecular weight is 206 g/mol. The van der Waals surface area contributed by atoms with E-state index in [0.717, 1.165) is 12.4 Å². The Hall–Kier alpha value is -1.72. The zero-order chi connectivity index (χ0) is 10.7. The fourth-order valence-corrected chi connectivity index (χ4v) is 1.37. The Bertz CT molecular complexity index is 402. The third-order valence-electron chi connectivity index (χ3n) is 2.01. The van der Waals surface area contributed by atoms with Crippen LogP contribution in [0.4, 0.5) is 0 Å². The molecule has 0 saturated carbocycles. The van der Waals surface area contributed by atoms with Crippen LogP contribution in [0.1, 0.15) is 19.7 Å². The Kier molecular flexibility index (Phi) is 2.75. The molecule has 2 aromatic rings. The molecular formula is C9H14N6. The fourth-order valence-electron chi connectivity index (χ4n) is 1.37. The molecule has 0 bridgehead atoms. The van der Waals surface area contributed by atoms with E-state index in [1.807, 2.05) is 10.9 Å². The predicted octanol–water partition coefficient (Wildman–Crippen LogP) is 0.574. The maximum absolute atomic E-state index is 4.21. The molecule has 0 amide bonds. The normalized spacial score (nSPS) is 11.1. The summed E-state index contributed by atoms with van der Waals surface area (Å²) in [6.45, 7) is 5.80. The van der Waals surface area contributed by atoms with E-state index in [-0.39, 0.29) is 0 Å². The molecule has 6 heteroatoms. The van der Waals surface area contributed by atoms with Gasteiger partial charge in [-0.3, -0.25) is 0 Å². The quantitative estimate of drug-likeness (QED) is 0.734. The van der Waals surface area contributed by atoms with Crippen LogP contribution in [0.3, 0.4) is 0 Å². The minimum absolute atomic E-state index is 0.557. The largest absolute Gasteiger partial charge is 0.248 e. The van der Waals surface area contributed by atoms with Crippen LogP contribution >= 0.6 is 0 Å². The van der Waals surface area contributed by atoms with Crippen molar-refractivity contribution in [3.8, 4) is 0 Å². The molecule has 80 valence electrons. The highest BCUT2D eigenvalue weighted by Crippen LogP contribution is 2.02.